The van der Waals surface area contributed by atoms with Gasteiger partial charge in [0.15, 0.2) is 17.3 Å². The summed E-state index contributed by atoms with van der Waals surface area (Å²) in [4.78, 5) is 0. The van der Waals surface area contributed by atoms with E-state index < -0.39 is 22.9 Å². The molecule has 3 nitrogen and oxygen atoms in total. The number of hydrogen-bond donors (Lipinski definition) is 3. The molecule has 1 aliphatic rings. The summed E-state index contributed by atoms with van der Waals surface area (Å²) in [6.07, 6.45) is 2.40. The van der Waals surface area contributed by atoms with Crippen LogP contribution in [0.4, 0.5) is 4.39 Å². The summed E-state index contributed by atoms with van der Waals surface area (Å²) in [5.41, 5.74) is 5.54. The minimum Gasteiger partial charge on any atom is -0.504 e. The Bertz CT molecular complexity index is 375. The SMILES string of the molecule is NC1(c2ccc(O)c(O)c2F)CCC1. The van der Waals surface area contributed by atoms with Gasteiger partial charge in [0.25, 0.3) is 0 Å². The molecule has 0 unspecified atom stereocenters. The van der Waals surface area contributed by atoms with E-state index in [4.69, 9.17) is 10.8 Å². The van der Waals surface area contributed by atoms with Gasteiger partial charge in [-0.25, -0.2) is 4.39 Å². The molecule has 0 radical (unpaired) electrons. The highest BCUT2D eigenvalue weighted by molar-refractivity contribution is 5.45. The van der Waals surface area contributed by atoms with E-state index in [1.807, 2.05) is 0 Å². The van der Waals surface area contributed by atoms with Crippen molar-refractivity contribution >= 4 is 0 Å². The average molecular weight is 197 g/mol. The summed E-state index contributed by atoms with van der Waals surface area (Å²) in [6.45, 7) is 0. The Kier molecular flexibility index (Phi) is 1.89. The third-order valence-electron chi connectivity index (χ3n) is 2.88. The highest BCUT2D eigenvalue weighted by Gasteiger charge is 2.37. The molecule has 0 heterocycles. The quantitative estimate of drug-likeness (QED) is 0.599. The molecule has 0 aliphatic heterocycles. The van der Waals surface area contributed by atoms with Gasteiger partial charge in [0.05, 0.1) is 0 Å². The summed E-state index contributed by atoms with van der Waals surface area (Å²) < 4.78 is 13.5. The van der Waals surface area contributed by atoms with Crippen LogP contribution >= 0.6 is 0 Å². The summed E-state index contributed by atoms with van der Waals surface area (Å²) in [5, 5.41) is 18.2. The van der Waals surface area contributed by atoms with Crippen LogP contribution in [-0.2, 0) is 5.54 Å². The molecule has 76 valence electrons. The number of phenolic OH excluding ortho intramolecular Hbond substituents is 2. The van der Waals surface area contributed by atoms with Crippen LogP contribution in [0.1, 0.15) is 24.8 Å². The van der Waals surface area contributed by atoms with E-state index >= 15 is 0 Å². The topological polar surface area (TPSA) is 66.5 Å². The first kappa shape index (κ1) is 9.27. The molecule has 14 heavy (non-hydrogen) atoms. The summed E-state index contributed by atoms with van der Waals surface area (Å²) in [6, 6.07) is 2.70. The van der Waals surface area contributed by atoms with Crippen molar-refractivity contribution in [3.63, 3.8) is 0 Å². The summed E-state index contributed by atoms with van der Waals surface area (Å²) >= 11 is 0. The molecule has 0 bridgehead atoms. The molecule has 0 aromatic heterocycles. The predicted molar refractivity (Wildman–Crippen MR) is 49.4 cm³/mol. The molecular weight excluding hydrogens is 185 g/mol. The second-order valence-electron chi connectivity index (χ2n) is 3.80. The van der Waals surface area contributed by atoms with Crippen LogP contribution in [0.3, 0.4) is 0 Å². The first-order chi connectivity index (χ1) is 6.54. The summed E-state index contributed by atoms with van der Waals surface area (Å²) in [5.74, 6) is -1.96. The van der Waals surface area contributed by atoms with E-state index in [1.165, 1.54) is 12.1 Å². The van der Waals surface area contributed by atoms with E-state index in [2.05, 4.69) is 0 Å². The largest absolute Gasteiger partial charge is 0.504 e. The zero-order chi connectivity index (χ0) is 10.3. The van der Waals surface area contributed by atoms with Crippen molar-refractivity contribution in [2.75, 3.05) is 0 Å². The fourth-order valence-corrected chi connectivity index (χ4v) is 1.77. The molecule has 1 fully saturated rings. The van der Waals surface area contributed by atoms with E-state index in [9.17, 15) is 9.50 Å². The molecule has 0 amide bonds. The van der Waals surface area contributed by atoms with Crippen LogP contribution in [0, 0.1) is 5.82 Å². The van der Waals surface area contributed by atoms with Gasteiger partial charge in [0, 0.05) is 11.1 Å². The number of hydrogen-bond acceptors (Lipinski definition) is 3. The molecule has 4 N–H and O–H groups in total. The van der Waals surface area contributed by atoms with E-state index in [1.54, 1.807) is 0 Å². The monoisotopic (exact) mass is 197 g/mol. The fraction of sp³-hybridized carbons (Fsp3) is 0.400. The Labute approximate surface area is 81.0 Å². The van der Waals surface area contributed by atoms with Crippen LogP contribution in [0.2, 0.25) is 0 Å². The van der Waals surface area contributed by atoms with Gasteiger partial charge in [-0.1, -0.05) is 6.07 Å². The molecule has 1 aliphatic carbocycles. The van der Waals surface area contributed by atoms with Crippen molar-refractivity contribution in [3.05, 3.63) is 23.5 Å². The number of halogens is 1. The lowest BCUT2D eigenvalue weighted by Crippen LogP contribution is -2.44. The van der Waals surface area contributed by atoms with E-state index in [-0.39, 0.29) is 0 Å². The third-order valence-corrected chi connectivity index (χ3v) is 2.88. The molecular formula is C10H12FNO2. The van der Waals surface area contributed by atoms with Gasteiger partial charge in [-0.15, -0.1) is 0 Å². The van der Waals surface area contributed by atoms with Crippen molar-refractivity contribution < 1.29 is 14.6 Å². The standard InChI is InChI=1S/C10H12FNO2/c11-8-6(10(12)4-1-5-10)2-3-7(13)9(8)14/h2-3,13-14H,1,4-5,12H2. The minimum absolute atomic E-state index is 0.291. The maximum absolute atomic E-state index is 13.5. The fourth-order valence-electron chi connectivity index (χ4n) is 1.77. The van der Waals surface area contributed by atoms with Gasteiger partial charge in [0.2, 0.25) is 0 Å². The first-order valence-corrected chi connectivity index (χ1v) is 4.54. The van der Waals surface area contributed by atoms with Gasteiger partial charge in [0.1, 0.15) is 0 Å². The molecule has 1 aromatic carbocycles. The molecule has 2 rings (SSSR count). The van der Waals surface area contributed by atoms with Crippen LogP contribution < -0.4 is 5.73 Å². The zero-order valence-electron chi connectivity index (χ0n) is 7.63. The molecule has 0 saturated heterocycles. The van der Waals surface area contributed by atoms with Gasteiger partial charge < -0.3 is 15.9 Å². The van der Waals surface area contributed by atoms with Crippen molar-refractivity contribution in [2.45, 2.75) is 24.8 Å². The van der Waals surface area contributed by atoms with Crippen LogP contribution in [0.25, 0.3) is 0 Å². The Morgan fingerprint density at radius 3 is 2.43 bits per heavy atom. The Morgan fingerprint density at radius 1 is 1.29 bits per heavy atom. The van der Waals surface area contributed by atoms with Crippen LogP contribution in [0.5, 0.6) is 11.5 Å². The Balaban J connectivity index is 2.49. The average Bonchev–Trinajstić information content (AvgIpc) is 2.11. The lowest BCUT2D eigenvalue weighted by Gasteiger charge is -2.38. The first-order valence-electron chi connectivity index (χ1n) is 4.54. The maximum atomic E-state index is 13.5. The van der Waals surface area contributed by atoms with E-state index in [0.717, 1.165) is 6.42 Å². The molecule has 0 spiro atoms. The predicted octanol–water partition coefficient (Wildman–Crippen LogP) is 1.57. The van der Waals surface area contributed by atoms with Gasteiger partial charge >= 0.3 is 0 Å². The molecule has 4 heteroatoms. The Hall–Kier alpha value is -1.29. The number of benzene rings is 1. The van der Waals surface area contributed by atoms with Crippen molar-refractivity contribution in [1.82, 2.24) is 0 Å². The lowest BCUT2D eigenvalue weighted by atomic mass is 9.72. The van der Waals surface area contributed by atoms with Crippen molar-refractivity contribution in [2.24, 2.45) is 5.73 Å². The number of nitrogens with two attached hydrogens (primary N) is 1. The molecule has 1 aromatic rings. The molecule has 1 saturated carbocycles. The van der Waals surface area contributed by atoms with E-state index in [0.29, 0.717) is 18.4 Å². The third kappa shape index (κ3) is 1.14. The van der Waals surface area contributed by atoms with Gasteiger partial charge in [-0.05, 0) is 25.3 Å². The Morgan fingerprint density at radius 2 is 1.93 bits per heavy atom. The second kappa shape index (κ2) is 2.85. The summed E-state index contributed by atoms with van der Waals surface area (Å²) in [7, 11) is 0. The highest BCUT2D eigenvalue weighted by atomic mass is 19.1. The van der Waals surface area contributed by atoms with Crippen LogP contribution in [0.15, 0.2) is 12.1 Å². The zero-order valence-corrected chi connectivity index (χ0v) is 7.63. The van der Waals surface area contributed by atoms with Crippen molar-refractivity contribution in [1.29, 1.82) is 0 Å². The normalized spacial score (nSPS) is 19.0. The number of rotatable bonds is 1. The minimum atomic E-state index is -0.799. The van der Waals surface area contributed by atoms with Gasteiger partial charge in [-0.3, -0.25) is 0 Å². The maximum Gasteiger partial charge on any atom is 0.194 e. The second-order valence-corrected chi connectivity index (χ2v) is 3.80. The number of aromatic hydroxyl groups is 2. The lowest BCUT2D eigenvalue weighted by molar-refractivity contribution is 0.241. The smallest absolute Gasteiger partial charge is 0.194 e. The van der Waals surface area contributed by atoms with Crippen molar-refractivity contribution in [3.8, 4) is 11.5 Å². The van der Waals surface area contributed by atoms with Gasteiger partial charge in [-0.2, -0.15) is 0 Å². The highest BCUT2D eigenvalue weighted by Crippen LogP contribution is 2.43. The van der Waals surface area contributed by atoms with Crippen LogP contribution in [-0.4, -0.2) is 10.2 Å². The number of phenols is 2. The molecule has 0 atom stereocenters.